The fourth-order valence-corrected chi connectivity index (χ4v) is 1.84. The Balaban J connectivity index is 2.01. The van der Waals surface area contributed by atoms with Gasteiger partial charge in [0, 0.05) is 19.0 Å². The first kappa shape index (κ1) is 7.38. The second-order valence-electron chi connectivity index (χ2n) is 2.42. The summed E-state index contributed by atoms with van der Waals surface area (Å²) in [4.78, 5) is 0. The maximum Gasteiger partial charge on any atom is 0.110 e. The minimum absolute atomic E-state index is 0.546. The monoisotopic (exact) mass is 147 g/mol. The molecule has 2 nitrogen and oxygen atoms in total. The van der Waals surface area contributed by atoms with Crippen LogP contribution in [0.3, 0.4) is 0 Å². The van der Waals surface area contributed by atoms with Gasteiger partial charge in [0.1, 0.15) is 11.5 Å². The zero-order chi connectivity index (χ0) is 6.69. The summed E-state index contributed by atoms with van der Waals surface area (Å²) in [6, 6.07) is 0. The van der Waals surface area contributed by atoms with E-state index in [0.717, 1.165) is 24.6 Å². The van der Waals surface area contributed by atoms with Crippen LogP contribution in [0, 0.1) is 5.92 Å². The van der Waals surface area contributed by atoms with Crippen LogP contribution in [0.5, 0.6) is 0 Å². The third-order valence-corrected chi connectivity index (χ3v) is 3.10. The summed E-state index contributed by atoms with van der Waals surface area (Å²) >= 11 is -0.546. The van der Waals surface area contributed by atoms with Crippen molar-refractivity contribution in [2.75, 3.05) is 24.6 Å². The molecule has 54 valence electrons. The van der Waals surface area contributed by atoms with E-state index in [1.54, 1.807) is 0 Å². The standard InChI is InChI=1S/C6H13NOS/c1-2-9(8)5-6-3-7-4-6/h6-7H,2-5H2,1H3. The molecule has 1 aliphatic rings. The largest absolute Gasteiger partial charge is 0.616 e. The number of nitrogens with one attached hydrogen (secondary N) is 1. The molecular weight excluding hydrogens is 134 g/mol. The van der Waals surface area contributed by atoms with Gasteiger partial charge in [-0.25, -0.2) is 0 Å². The summed E-state index contributed by atoms with van der Waals surface area (Å²) in [5.41, 5.74) is 0. The van der Waals surface area contributed by atoms with Gasteiger partial charge >= 0.3 is 0 Å². The Morgan fingerprint density at radius 2 is 2.33 bits per heavy atom. The van der Waals surface area contributed by atoms with E-state index < -0.39 is 11.2 Å². The van der Waals surface area contributed by atoms with Gasteiger partial charge in [0.25, 0.3) is 0 Å². The normalized spacial score (nSPS) is 23.3. The second-order valence-corrected chi connectivity index (χ2v) is 4.21. The van der Waals surface area contributed by atoms with Crippen molar-refractivity contribution >= 4 is 11.2 Å². The van der Waals surface area contributed by atoms with Crippen LogP contribution in [0.1, 0.15) is 6.92 Å². The SMILES string of the molecule is CC[S+]([O-])CC1CNC1. The van der Waals surface area contributed by atoms with Crippen LogP contribution in [0.25, 0.3) is 0 Å². The number of hydrogen-bond acceptors (Lipinski definition) is 2. The van der Waals surface area contributed by atoms with Crippen molar-refractivity contribution in [3.8, 4) is 0 Å². The van der Waals surface area contributed by atoms with E-state index in [0.29, 0.717) is 5.92 Å². The van der Waals surface area contributed by atoms with Crippen molar-refractivity contribution in [2.24, 2.45) is 5.92 Å². The molecule has 0 amide bonds. The molecular formula is C6H13NOS. The molecule has 1 saturated heterocycles. The van der Waals surface area contributed by atoms with E-state index >= 15 is 0 Å². The summed E-state index contributed by atoms with van der Waals surface area (Å²) in [6.07, 6.45) is 0. The predicted octanol–water partition coefficient (Wildman–Crippen LogP) is -0.0256. The Morgan fingerprint density at radius 1 is 1.67 bits per heavy atom. The number of rotatable bonds is 3. The van der Waals surface area contributed by atoms with Gasteiger partial charge in [0.2, 0.25) is 0 Å². The summed E-state index contributed by atoms with van der Waals surface area (Å²) in [5, 5.41) is 3.16. The fraction of sp³-hybridized carbons (Fsp3) is 1.00. The average molecular weight is 147 g/mol. The molecule has 0 aliphatic carbocycles. The molecule has 0 radical (unpaired) electrons. The highest BCUT2D eigenvalue weighted by atomic mass is 32.2. The van der Waals surface area contributed by atoms with Gasteiger partial charge in [0.15, 0.2) is 0 Å². The Hall–Kier alpha value is 0.270. The Bertz CT molecular complexity index is 82.4. The van der Waals surface area contributed by atoms with E-state index in [1.165, 1.54) is 0 Å². The van der Waals surface area contributed by atoms with Crippen LogP contribution in [0.4, 0.5) is 0 Å². The average Bonchev–Trinajstić information content (AvgIpc) is 1.78. The van der Waals surface area contributed by atoms with E-state index in [4.69, 9.17) is 0 Å². The van der Waals surface area contributed by atoms with Gasteiger partial charge in [-0.3, -0.25) is 0 Å². The Morgan fingerprint density at radius 3 is 2.67 bits per heavy atom. The summed E-state index contributed by atoms with van der Waals surface area (Å²) in [5.74, 6) is 2.42. The summed E-state index contributed by atoms with van der Waals surface area (Å²) in [7, 11) is 0. The van der Waals surface area contributed by atoms with Crippen LogP contribution in [0.15, 0.2) is 0 Å². The van der Waals surface area contributed by atoms with E-state index in [-0.39, 0.29) is 0 Å². The Labute approximate surface area is 59.2 Å². The quantitative estimate of drug-likeness (QED) is 0.569. The summed E-state index contributed by atoms with van der Waals surface area (Å²) < 4.78 is 10.9. The molecule has 0 aromatic carbocycles. The molecule has 9 heavy (non-hydrogen) atoms. The molecule has 0 bridgehead atoms. The lowest BCUT2D eigenvalue weighted by atomic mass is 10.1. The van der Waals surface area contributed by atoms with Crippen molar-refractivity contribution in [1.29, 1.82) is 0 Å². The van der Waals surface area contributed by atoms with Gasteiger partial charge < -0.3 is 9.87 Å². The molecule has 0 saturated carbocycles. The van der Waals surface area contributed by atoms with Crippen LogP contribution in [-0.4, -0.2) is 29.1 Å². The van der Waals surface area contributed by atoms with Crippen LogP contribution >= 0.6 is 0 Å². The maximum atomic E-state index is 10.9. The molecule has 1 rings (SSSR count). The highest BCUT2D eigenvalue weighted by Crippen LogP contribution is 2.06. The van der Waals surface area contributed by atoms with Crippen LogP contribution < -0.4 is 5.32 Å². The molecule has 1 atom stereocenters. The molecule has 0 aromatic rings. The van der Waals surface area contributed by atoms with E-state index in [1.807, 2.05) is 6.92 Å². The van der Waals surface area contributed by atoms with E-state index in [9.17, 15) is 4.55 Å². The van der Waals surface area contributed by atoms with Gasteiger partial charge in [-0.15, -0.1) is 0 Å². The lowest BCUT2D eigenvalue weighted by molar-refractivity contribution is 0.378. The van der Waals surface area contributed by atoms with E-state index in [2.05, 4.69) is 5.32 Å². The smallest absolute Gasteiger partial charge is 0.110 e. The molecule has 1 heterocycles. The first-order valence-electron chi connectivity index (χ1n) is 3.38. The zero-order valence-corrected chi connectivity index (χ0v) is 6.54. The van der Waals surface area contributed by atoms with Gasteiger partial charge in [0.05, 0.1) is 0 Å². The molecule has 0 aromatic heterocycles. The zero-order valence-electron chi connectivity index (χ0n) is 5.72. The van der Waals surface area contributed by atoms with Gasteiger partial charge in [-0.2, -0.15) is 0 Å². The van der Waals surface area contributed by atoms with Crippen molar-refractivity contribution < 1.29 is 4.55 Å². The number of hydrogen-bond donors (Lipinski definition) is 1. The molecule has 1 unspecified atom stereocenters. The van der Waals surface area contributed by atoms with Crippen molar-refractivity contribution in [2.45, 2.75) is 6.92 Å². The minimum Gasteiger partial charge on any atom is -0.616 e. The fourth-order valence-electron chi connectivity index (χ4n) is 0.847. The first-order chi connectivity index (χ1) is 4.33. The molecule has 3 heteroatoms. The lowest BCUT2D eigenvalue weighted by Gasteiger charge is -2.26. The maximum absolute atomic E-state index is 10.9. The lowest BCUT2D eigenvalue weighted by Crippen LogP contribution is -2.45. The van der Waals surface area contributed by atoms with Crippen LogP contribution in [0.2, 0.25) is 0 Å². The topological polar surface area (TPSA) is 35.1 Å². The molecule has 1 aliphatic heterocycles. The predicted molar refractivity (Wildman–Crippen MR) is 39.9 cm³/mol. The van der Waals surface area contributed by atoms with Crippen molar-refractivity contribution in [1.82, 2.24) is 5.32 Å². The molecule has 0 spiro atoms. The van der Waals surface area contributed by atoms with Gasteiger partial charge in [-0.05, 0) is 6.92 Å². The second kappa shape index (κ2) is 3.44. The first-order valence-corrected chi connectivity index (χ1v) is 4.87. The molecule has 1 fully saturated rings. The van der Waals surface area contributed by atoms with Gasteiger partial charge in [-0.1, -0.05) is 11.2 Å². The minimum atomic E-state index is -0.546. The van der Waals surface area contributed by atoms with Crippen molar-refractivity contribution in [3.63, 3.8) is 0 Å². The molecule has 1 N–H and O–H groups in total. The third-order valence-electron chi connectivity index (χ3n) is 1.61. The van der Waals surface area contributed by atoms with Crippen molar-refractivity contribution in [3.05, 3.63) is 0 Å². The summed E-state index contributed by atoms with van der Waals surface area (Å²) in [6.45, 7) is 4.12. The van der Waals surface area contributed by atoms with Crippen LogP contribution in [-0.2, 0) is 11.2 Å². The Kier molecular flexibility index (Phi) is 2.82. The third kappa shape index (κ3) is 2.16. The highest BCUT2D eigenvalue weighted by Gasteiger charge is 2.21. The highest BCUT2D eigenvalue weighted by molar-refractivity contribution is 7.91.